The molecule has 3 bridgehead atoms. The lowest BCUT2D eigenvalue weighted by molar-refractivity contribution is -0.131. The summed E-state index contributed by atoms with van der Waals surface area (Å²) in [4.78, 5) is 36.0. The van der Waals surface area contributed by atoms with E-state index in [0.717, 1.165) is 19.3 Å². The molecule has 11 nitrogen and oxygen atoms in total. The van der Waals surface area contributed by atoms with Crippen molar-refractivity contribution in [1.29, 1.82) is 0 Å². The standard InChI is InChI=1S/C19H30N3O8P/c20-13-5-4-11-8-18(6-2-1-3-7-19(9-11,21-13)17(25)22-18)16-15(24)14(23)12(30-16)10-29-31(26,27)28/h4-5,11-12,14-16,23-24H,1-3,6-10H2,(H2,20,21)(H,22,25)(H2,26,27,28). The first-order valence-electron chi connectivity index (χ1n) is 10.6. The summed E-state index contributed by atoms with van der Waals surface area (Å²) in [6.07, 6.45) is 3.25. The first kappa shape index (κ1) is 22.8. The number of nitrogens with one attached hydrogen (secondary N) is 1. The number of phosphoric acid groups is 1. The van der Waals surface area contributed by atoms with Crippen LogP contribution in [0.2, 0.25) is 0 Å². The van der Waals surface area contributed by atoms with Crippen LogP contribution in [0.15, 0.2) is 17.1 Å². The molecule has 4 aliphatic heterocycles. The van der Waals surface area contributed by atoms with Gasteiger partial charge in [0.25, 0.3) is 0 Å². The zero-order valence-corrected chi connectivity index (χ0v) is 18.0. The molecule has 4 rings (SSSR count). The molecule has 0 radical (unpaired) electrons. The van der Waals surface area contributed by atoms with Crippen molar-refractivity contribution in [2.24, 2.45) is 16.6 Å². The Hall–Kier alpha value is -1.33. The number of hydrogen-bond donors (Lipinski definition) is 6. The van der Waals surface area contributed by atoms with Crippen molar-refractivity contribution in [3.05, 3.63) is 12.2 Å². The second-order valence-corrected chi connectivity index (χ2v) is 10.4. The highest BCUT2D eigenvalue weighted by Crippen LogP contribution is 2.46. The molecule has 0 saturated carbocycles. The maximum absolute atomic E-state index is 13.5. The molecule has 1 spiro atoms. The lowest BCUT2D eigenvalue weighted by Gasteiger charge is -2.41. The topological polar surface area (TPSA) is 184 Å². The van der Waals surface area contributed by atoms with Gasteiger partial charge in [-0.1, -0.05) is 25.3 Å². The minimum absolute atomic E-state index is 0.0554. The maximum atomic E-state index is 13.5. The highest BCUT2D eigenvalue weighted by Gasteiger charge is 2.58. The maximum Gasteiger partial charge on any atom is 0.469 e. The van der Waals surface area contributed by atoms with Gasteiger partial charge in [0, 0.05) is 0 Å². The molecule has 1 amide bonds. The van der Waals surface area contributed by atoms with Crippen molar-refractivity contribution in [3.63, 3.8) is 0 Å². The Morgan fingerprint density at radius 2 is 1.97 bits per heavy atom. The van der Waals surface area contributed by atoms with Crippen LogP contribution in [0.1, 0.15) is 44.9 Å². The Bertz CT molecular complexity index is 831. The number of allylic oxidation sites excluding steroid dienone is 1. The van der Waals surface area contributed by atoms with E-state index in [4.69, 9.17) is 20.3 Å². The number of carbonyl (C=O) groups is 1. The first-order valence-corrected chi connectivity index (χ1v) is 12.1. The molecule has 0 aliphatic carbocycles. The molecule has 7 atom stereocenters. The fourth-order valence-electron chi connectivity index (χ4n) is 5.53. The zero-order valence-electron chi connectivity index (χ0n) is 17.1. The van der Waals surface area contributed by atoms with Gasteiger partial charge in [0.15, 0.2) is 0 Å². The summed E-state index contributed by atoms with van der Waals surface area (Å²) in [5, 5.41) is 24.4. The Morgan fingerprint density at radius 1 is 1.23 bits per heavy atom. The summed E-state index contributed by atoms with van der Waals surface area (Å²) in [5.41, 5.74) is 4.04. The van der Waals surface area contributed by atoms with E-state index >= 15 is 0 Å². The minimum atomic E-state index is -4.77. The number of aliphatic hydroxyl groups is 2. The van der Waals surface area contributed by atoms with Crippen LogP contribution < -0.4 is 11.1 Å². The summed E-state index contributed by atoms with van der Waals surface area (Å²) < 4.78 is 21.5. The monoisotopic (exact) mass is 459 g/mol. The third-order valence-corrected chi connectivity index (χ3v) is 7.41. The number of carbonyl (C=O) groups excluding carboxylic acids is 1. The normalized spacial score (nSPS) is 43.3. The second kappa shape index (κ2) is 8.22. The molecule has 0 aromatic rings. The van der Waals surface area contributed by atoms with E-state index in [1.807, 2.05) is 6.08 Å². The van der Waals surface area contributed by atoms with Crippen molar-refractivity contribution < 1.29 is 38.6 Å². The van der Waals surface area contributed by atoms with E-state index in [2.05, 4.69) is 14.8 Å². The lowest BCUT2D eigenvalue weighted by atomic mass is 9.74. The Balaban J connectivity index is 1.67. The van der Waals surface area contributed by atoms with Crippen LogP contribution in [-0.2, 0) is 18.6 Å². The van der Waals surface area contributed by atoms with E-state index in [9.17, 15) is 19.6 Å². The molecule has 174 valence electrons. The van der Waals surface area contributed by atoms with Gasteiger partial charge in [-0.05, 0) is 37.7 Å². The number of rotatable bonds is 4. The average Bonchev–Trinajstić information content (AvgIpc) is 2.83. The number of aliphatic imine (C=N–C) groups is 1. The fraction of sp³-hybridized carbons (Fsp3) is 0.789. The SMILES string of the molecule is NC1=NC23CCCCCC(C4OC(COP(=O)(O)O)C(O)C4O)(CC(C=C1)C2)NC3=O. The van der Waals surface area contributed by atoms with E-state index < -0.39 is 49.9 Å². The highest BCUT2D eigenvalue weighted by molar-refractivity contribution is 7.46. The van der Waals surface area contributed by atoms with Gasteiger partial charge in [-0.25, -0.2) is 4.57 Å². The predicted octanol–water partition coefficient (Wildman–Crippen LogP) is -0.520. The van der Waals surface area contributed by atoms with E-state index in [1.165, 1.54) is 0 Å². The van der Waals surface area contributed by atoms with Gasteiger partial charge in [0.05, 0.1) is 12.1 Å². The quantitative estimate of drug-likeness (QED) is 0.301. The van der Waals surface area contributed by atoms with E-state index in [-0.39, 0.29) is 11.8 Å². The van der Waals surface area contributed by atoms with Crippen LogP contribution in [0.25, 0.3) is 0 Å². The number of amidine groups is 1. The minimum Gasteiger partial charge on any atom is -0.388 e. The van der Waals surface area contributed by atoms with Crippen molar-refractivity contribution in [2.75, 3.05) is 6.61 Å². The molecule has 0 aromatic carbocycles. The molecule has 31 heavy (non-hydrogen) atoms. The molecule has 7 unspecified atom stereocenters. The van der Waals surface area contributed by atoms with Gasteiger partial charge >= 0.3 is 7.82 Å². The number of amides is 1. The van der Waals surface area contributed by atoms with E-state index in [0.29, 0.717) is 31.5 Å². The number of hydrogen-bond acceptors (Lipinski definition) is 8. The van der Waals surface area contributed by atoms with Gasteiger partial charge in [0.1, 0.15) is 35.8 Å². The lowest BCUT2D eigenvalue weighted by Crippen LogP contribution is -2.62. The molecule has 4 heterocycles. The van der Waals surface area contributed by atoms with Crippen molar-refractivity contribution in [2.45, 2.75) is 80.4 Å². The number of ether oxygens (including phenoxy) is 1. The Kier molecular flexibility index (Phi) is 6.06. The number of fused-ring (bicyclic) bond motifs is 3. The van der Waals surface area contributed by atoms with Gasteiger partial charge in [-0.15, -0.1) is 0 Å². The number of nitrogens with zero attached hydrogens (tertiary/aromatic N) is 1. The largest absolute Gasteiger partial charge is 0.469 e. The molecule has 0 aromatic heterocycles. The zero-order chi connectivity index (χ0) is 22.4. The summed E-state index contributed by atoms with van der Waals surface area (Å²) >= 11 is 0. The van der Waals surface area contributed by atoms with Crippen LogP contribution >= 0.6 is 7.82 Å². The molecular weight excluding hydrogens is 429 g/mol. The van der Waals surface area contributed by atoms with Crippen LogP contribution in [-0.4, -0.2) is 73.8 Å². The molecule has 3 fully saturated rings. The average molecular weight is 459 g/mol. The van der Waals surface area contributed by atoms with Crippen molar-refractivity contribution >= 4 is 19.6 Å². The van der Waals surface area contributed by atoms with Crippen LogP contribution in [0, 0.1) is 5.92 Å². The number of aliphatic hydroxyl groups excluding tert-OH is 2. The smallest absolute Gasteiger partial charge is 0.388 e. The third kappa shape index (κ3) is 4.45. The van der Waals surface area contributed by atoms with Crippen LogP contribution in [0.3, 0.4) is 0 Å². The molecular formula is C19H30N3O8P. The van der Waals surface area contributed by atoms with Gasteiger partial charge in [0.2, 0.25) is 5.91 Å². The highest BCUT2D eigenvalue weighted by atomic mass is 31.2. The summed E-state index contributed by atoms with van der Waals surface area (Å²) in [5.74, 6) is -0.0180. The second-order valence-electron chi connectivity index (χ2n) is 9.13. The van der Waals surface area contributed by atoms with Gasteiger partial charge in [-0.3, -0.25) is 14.3 Å². The fourth-order valence-corrected chi connectivity index (χ4v) is 5.87. The number of nitrogens with two attached hydrogens (primary N) is 1. The van der Waals surface area contributed by atoms with Crippen molar-refractivity contribution in [1.82, 2.24) is 5.32 Å². The Morgan fingerprint density at radius 3 is 2.71 bits per heavy atom. The summed E-state index contributed by atoms with van der Waals surface area (Å²) in [6.45, 7) is -0.586. The summed E-state index contributed by atoms with van der Waals surface area (Å²) in [6, 6.07) is 0. The van der Waals surface area contributed by atoms with Crippen molar-refractivity contribution in [3.8, 4) is 0 Å². The van der Waals surface area contributed by atoms with Crippen LogP contribution in [0.5, 0.6) is 0 Å². The van der Waals surface area contributed by atoms with E-state index in [1.54, 1.807) is 6.08 Å². The molecule has 7 N–H and O–H groups in total. The van der Waals surface area contributed by atoms with Crippen LogP contribution in [0.4, 0.5) is 0 Å². The molecule has 4 aliphatic rings. The van der Waals surface area contributed by atoms with Gasteiger partial charge < -0.3 is 35.8 Å². The summed E-state index contributed by atoms with van der Waals surface area (Å²) in [7, 11) is -4.77. The third-order valence-electron chi connectivity index (χ3n) is 6.92. The van der Waals surface area contributed by atoms with Gasteiger partial charge in [-0.2, -0.15) is 0 Å². The molecule has 12 heteroatoms. The first-order chi connectivity index (χ1) is 14.5. The molecule has 3 saturated heterocycles. The Labute approximate surface area is 179 Å². The number of phosphoric ester groups is 1. The predicted molar refractivity (Wildman–Crippen MR) is 109 cm³/mol.